The quantitative estimate of drug-likeness (QED) is 0.571. The van der Waals surface area contributed by atoms with E-state index in [1.807, 2.05) is 20.9 Å². The number of nitrogens with zero attached hydrogens (tertiary/aromatic N) is 2. The lowest BCUT2D eigenvalue weighted by molar-refractivity contribution is -0.123. The molecule has 0 aromatic carbocycles. The number of rotatable bonds is 4. The Morgan fingerprint density at radius 1 is 1.50 bits per heavy atom. The third-order valence-corrected chi connectivity index (χ3v) is 2.29. The lowest BCUT2D eigenvalue weighted by atomic mass is 10.2. The normalized spacial score (nSPS) is 14.5. The molecule has 6 heteroatoms. The van der Waals surface area contributed by atoms with E-state index in [2.05, 4.69) is 20.5 Å². The molecule has 0 saturated carbocycles. The highest BCUT2D eigenvalue weighted by Crippen LogP contribution is 1.94. The number of hydrogen-bond acceptors (Lipinski definition) is 4. The topological polar surface area (TPSA) is 56.7 Å². The van der Waals surface area contributed by atoms with Crippen LogP contribution in [0.5, 0.6) is 0 Å². The van der Waals surface area contributed by atoms with Crippen LogP contribution >= 0.6 is 24.0 Å². The molecule has 5 nitrogen and oxygen atoms in total. The summed E-state index contributed by atoms with van der Waals surface area (Å²) in [5.74, 6) is 1.07. The summed E-state index contributed by atoms with van der Waals surface area (Å²) in [6, 6.07) is 0. The van der Waals surface area contributed by atoms with Crippen molar-refractivity contribution in [3.63, 3.8) is 0 Å². The Kier molecular flexibility index (Phi) is 7.44. The minimum Gasteiger partial charge on any atom is -0.354 e. The highest BCUT2D eigenvalue weighted by Gasteiger charge is 2.11. The van der Waals surface area contributed by atoms with Crippen LogP contribution in [0.2, 0.25) is 0 Å². The van der Waals surface area contributed by atoms with Crippen molar-refractivity contribution in [2.24, 2.45) is 10.9 Å². The van der Waals surface area contributed by atoms with E-state index in [9.17, 15) is 4.79 Å². The zero-order chi connectivity index (χ0) is 11.3. The monoisotopic (exact) mass is 340 g/mol. The summed E-state index contributed by atoms with van der Waals surface area (Å²) in [6.45, 7) is 6.97. The molecular weight excluding hydrogens is 319 g/mol. The molecule has 0 aromatic heterocycles. The van der Waals surface area contributed by atoms with Crippen molar-refractivity contribution in [2.75, 3.05) is 33.2 Å². The lowest BCUT2D eigenvalue weighted by Gasteiger charge is -2.15. The van der Waals surface area contributed by atoms with E-state index in [1.165, 1.54) is 0 Å². The van der Waals surface area contributed by atoms with Gasteiger partial charge < -0.3 is 15.5 Å². The first kappa shape index (κ1) is 15.5. The minimum atomic E-state index is 0. The van der Waals surface area contributed by atoms with Crippen LogP contribution in [-0.4, -0.2) is 50.0 Å². The zero-order valence-corrected chi connectivity index (χ0v) is 12.4. The van der Waals surface area contributed by atoms with Crippen LogP contribution in [0.25, 0.3) is 0 Å². The Morgan fingerprint density at radius 2 is 2.19 bits per heavy atom. The standard InChI is InChI=1S/C10H20N4O.HI/c1-8(2)9(15)11-4-5-12-10-13-6-7-14(10)3;/h8H,4-7H2,1-3H3,(H,11,15)(H,12,13);1H. The molecule has 1 amide bonds. The van der Waals surface area contributed by atoms with Gasteiger partial charge in [0.05, 0.1) is 6.54 Å². The Balaban J connectivity index is 0.00000225. The third-order valence-electron chi connectivity index (χ3n) is 2.29. The number of amides is 1. The molecule has 1 heterocycles. The Bertz CT molecular complexity index is 255. The van der Waals surface area contributed by atoms with Gasteiger partial charge in [0.15, 0.2) is 5.96 Å². The highest BCUT2D eigenvalue weighted by atomic mass is 127. The molecular formula is C10H21IN4O. The molecule has 0 aromatic rings. The van der Waals surface area contributed by atoms with Crippen molar-refractivity contribution in [1.29, 1.82) is 0 Å². The van der Waals surface area contributed by atoms with Gasteiger partial charge >= 0.3 is 0 Å². The van der Waals surface area contributed by atoms with Gasteiger partial charge in [0.1, 0.15) is 0 Å². The van der Waals surface area contributed by atoms with Gasteiger partial charge in [0.25, 0.3) is 0 Å². The van der Waals surface area contributed by atoms with Crippen molar-refractivity contribution >= 4 is 35.8 Å². The third kappa shape index (κ3) is 5.00. The van der Waals surface area contributed by atoms with Crippen LogP contribution < -0.4 is 10.6 Å². The summed E-state index contributed by atoms with van der Waals surface area (Å²) in [5.41, 5.74) is 0. The molecule has 16 heavy (non-hydrogen) atoms. The number of carbonyl (C=O) groups is 1. The van der Waals surface area contributed by atoms with E-state index in [-0.39, 0.29) is 35.8 Å². The minimum absolute atomic E-state index is 0. The molecule has 0 atom stereocenters. The SMILES string of the molecule is CC(C)C(=O)NCCNC1=NCCN1C.I. The Morgan fingerprint density at radius 3 is 2.69 bits per heavy atom. The number of guanidine groups is 1. The average Bonchev–Trinajstić information content (AvgIpc) is 2.58. The number of carbonyl (C=O) groups excluding carboxylic acids is 1. The Labute approximate surface area is 114 Å². The van der Waals surface area contributed by atoms with E-state index in [0.717, 1.165) is 25.6 Å². The summed E-state index contributed by atoms with van der Waals surface area (Å²) in [6.07, 6.45) is 0. The molecule has 0 saturated heterocycles. The van der Waals surface area contributed by atoms with Crippen LogP contribution in [0.3, 0.4) is 0 Å². The van der Waals surface area contributed by atoms with Gasteiger partial charge in [-0.05, 0) is 0 Å². The second kappa shape index (κ2) is 7.70. The molecule has 94 valence electrons. The van der Waals surface area contributed by atoms with E-state index in [4.69, 9.17) is 0 Å². The fraction of sp³-hybridized carbons (Fsp3) is 0.800. The number of hydrogen-bond donors (Lipinski definition) is 2. The fourth-order valence-corrected chi connectivity index (χ4v) is 1.29. The first-order valence-electron chi connectivity index (χ1n) is 5.38. The first-order chi connectivity index (χ1) is 7.11. The smallest absolute Gasteiger partial charge is 0.222 e. The van der Waals surface area contributed by atoms with E-state index < -0.39 is 0 Å². The summed E-state index contributed by atoms with van der Waals surface area (Å²) in [4.78, 5) is 17.6. The number of halogens is 1. The number of aliphatic imine (C=N–C) groups is 1. The van der Waals surface area contributed by atoms with Crippen LogP contribution in [0, 0.1) is 5.92 Å². The molecule has 2 N–H and O–H groups in total. The Hall–Kier alpha value is -0.530. The molecule has 1 aliphatic rings. The van der Waals surface area contributed by atoms with E-state index >= 15 is 0 Å². The summed E-state index contributed by atoms with van der Waals surface area (Å²) < 4.78 is 0. The number of likely N-dealkylation sites (N-methyl/N-ethyl adjacent to an activating group) is 1. The second-order valence-corrected chi connectivity index (χ2v) is 4.00. The molecule has 0 spiro atoms. The van der Waals surface area contributed by atoms with Gasteiger partial charge in [0.2, 0.25) is 5.91 Å². The summed E-state index contributed by atoms with van der Waals surface area (Å²) in [5, 5.41) is 6.03. The molecule has 1 rings (SSSR count). The molecule has 0 radical (unpaired) electrons. The predicted octanol–water partition coefficient (Wildman–Crippen LogP) is 0.268. The number of nitrogens with one attached hydrogen (secondary N) is 2. The first-order valence-corrected chi connectivity index (χ1v) is 5.38. The lowest BCUT2D eigenvalue weighted by Crippen LogP contribution is -2.40. The van der Waals surface area contributed by atoms with E-state index in [1.54, 1.807) is 0 Å². The van der Waals surface area contributed by atoms with Gasteiger partial charge in [-0.1, -0.05) is 13.8 Å². The van der Waals surface area contributed by atoms with Gasteiger partial charge in [-0.15, -0.1) is 24.0 Å². The predicted molar refractivity (Wildman–Crippen MR) is 76.2 cm³/mol. The van der Waals surface area contributed by atoms with Crippen molar-refractivity contribution < 1.29 is 4.79 Å². The van der Waals surface area contributed by atoms with Crippen molar-refractivity contribution in [2.45, 2.75) is 13.8 Å². The van der Waals surface area contributed by atoms with Gasteiger partial charge in [-0.3, -0.25) is 9.79 Å². The summed E-state index contributed by atoms with van der Waals surface area (Å²) >= 11 is 0. The van der Waals surface area contributed by atoms with Crippen LogP contribution in [0.1, 0.15) is 13.8 Å². The maximum absolute atomic E-state index is 11.2. The molecule has 0 aliphatic carbocycles. The van der Waals surface area contributed by atoms with Gasteiger partial charge in [-0.25, -0.2) is 0 Å². The average molecular weight is 340 g/mol. The van der Waals surface area contributed by atoms with E-state index in [0.29, 0.717) is 6.54 Å². The maximum atomic E-state index is 11.2. The van der Waals surface area contributed by atoms with Crippen molar-refractivity contribution in [3.05, 3.63) is 0 Å². The van der Waals surface area contributed by atoms with Crippen molar-refractivity contribution in [1.82, 2.24) is 15.5 Å². The highest BCUT2D eigenvalue weighted by molar-refractivity contribution is 14.0. The molecule has 1 aliphatic heterocycles. The van der Waals surface area contributed by atoms with Crippen LogP contribution in [0.4, 0.5) is 0 Å². The molecule has 0 fully saturated rings. The second-order valence-electron chi connectivity index (χ2n) is 4.00. The van der Waals surface area contributed by atoms with Gasteiger partial charge in [0, 0.05) is 32.6 Å². The van der Waals surface area contributed by atoms with Crippen LogP contribution in [-0.2, 0) is 4.79 Å². The van der Waals surface area contributed by atoms with Crippen molar-refractivity contribution in [3.8, 4) is 0 Å². The fourth-order valence-electron chi connectivity index (χ4n) is 1.29. The molecule has 0 unspecified atom stereocenters. The van der Waals surface area contributed by atoms with Gasteiger partial charge in [-0.2, -0.15) is 0 Å². The largest absolute Gasteiger partial charge is 0.354 e. The maximum Gasteiger partial charge on any atom is 0.222 e. The summed E-state index contributed by atoms with van der Waals surface area (Å²) in [7, 11) is 2.01. The molecule has 0 bridgehead atoms. The zero-order valence-electron chi connectivity index (χ0n) is 10.1. The van der Waals surface area contributed by atoms with Crippen LogP contribution in [0.15, 0.2) is 4.99 Å².